The van der Waals surface area contributed by atoms with Crippen molar-refractivity contribution in [3.05, 3.63) is 83.2 Å². The van der Waals surface area contributed by atoms with Crippen LogP contribution in [-0.2, 0) is 16.1 Å². The molecule has 3 heterocycles. The van der Waals surface area contributed by atoms with Crippen LogP contribution in [0.2, 0.25) is 5.02 Å². The lowest BCUT2D eigenvalue weighted by molar-refractivity contribution is -0.139. The summed E-state index contributed by atoms with van der Waals surface area (Å²) < 4.78 is 7.05. The highest BCUT2D eigenvalue weighted by Crippen LogP contribution is 2.40. The van der Waals surface area contributed by atoms with Crippen molar-refractivity contribution in [1.29, 1.82) is 0 Å². The zero-order valence-corrected chi connectivity index (χ0v) is 18.1. The number of aromatic nitrogens is 3. The van der Waals surface area contributed by atoms with Crippen LogP contribution in [0.25, 0.3) is 5.76 Å². The number of benzene rings is 1. The minimum Gasteiger partial charge on any atom is -0.507 e. The van der Waals surface area contributed by atoms with Crippen LogP contribution in [0.1, 0.15) is 23.6 Å². The van der Waals surface area contributed by atoms with Gasteiger partial charge in [0.05, 0.1) is 30.1 Å². The van der Waals surface area contributed by atoms with E-state index in [0.29, 0.717) is 36.4 Å². The van der Waals surface area contributed by atoms with Gasteiger partial charge in [0, 0.05) is 43.4 Å². The maximum atomic E-state index is 13.0. The van der Waals surface area contributed by atoms with Gasteiger partial charge in [-0.15, -0.1) is 0 Å². The fourth-order valence-corrected chi connectivity index (χ4v) is 4.06. The molecule has 0 saturated carbocycles. The van der Waals surface area contributed by atoms with Crippen LogP contribution < -0.4 is 4.74 Å². The van der Waals surface area contributed by atoms with E-state index in [1.807, 2.05) is 10.8 Å². The van der Waals surface area contributed by atoms with E-state index in [9.17, 15) is 14.7 Å². The van der Waals surface area contributed by atoms with E-state index in [0.717, 1.165) is 0 Å². The first kappa shape index (κ1) is 21.6. The number of hydrogen-bond donors (Lipinski definition) is 1. The summed E-state index contributed by atoms with van der Waals surface area (Å²) in [4.78, 5) is 35.6. The molecule has 3 aromatic rings. The summed E-state index contributed by atoms with van der Waals surface area (Å²) in [5.41, 5.74) is 0.962. The number of Topliss-reactive ketones (excluding diaryl/α,β-unsaturated/α-hetero) is 1. The van der Waals surface area contributed by atoms with Crippen molar-refractivity contribution >= 4 is 29.1 Å². The Balaban J connectivity index is 1.72. The van der Waals surface area contributed by atoms with Gasteiger partial charge in [0.1, 0.15) is 11.5 Å². The predicted molar refractivity (Wildman–Crippen MR) is 118 cm³/mol. The van der Waals surface area contributed by atoms with Gasteiger partial charge in [-0.3, -0.25) is 14.6 Å². The van der Waals surface area contributed by atoms with E-state index in [-0.39, 0.29) is 16.4 Å². The first-order valence-electron chi connectivity index (χ1n) is 9.99. The average Bonchev–Trinajstić information content (AvgIpc) is 3.41. The molecule has 1 aliphatic rings. The van der Waals surface area contributed by atoms with Crippen molar-refractivity contribution in [3.63, 3.8) is 0 Å². The Morgan fingerprint density at radius 2 is 2.03 bits per heavy atom. The normalized spacial score (nSPS) is 17.7. The molecule has 8 nitrogen and oxygen atoms in total. The van der Waals surface area contributed by atoms with Crippen molar-refractivity contribution in [2.75, 3.05) is 13.7 Å². The van der Waals surface area contributed by atoms with E-state index >= 15 is 0 Å². The van der Waals surface area contributed by atoms with Crippen LogP contribution in [0.5, 0.6) is 5.75 Å². The Kier molecular flexibility index (Phi) is 6.23. The van der Waals surface area contributed by atoms with E-state index in [1.165, 1.54) is 18.1 Å². The highest BCUT2D eigenvalue weighted by atomic mass is 35.5. The number of pyridine rings is 1. The molecule has 32 heavy (non-hydrogen) atoms. The van der Waals surface area contributed by atoms with Crippen LogP contribution >= 0.6 is 11.6 Å². The minimum atomic E-state index is -0.757. The third kappa shape index (κ3) is 4.09. The summed E-state index contributed by atoms with van der Waals surface area (Å²) in [6.45, 7) is 0.958. The molecule has 164 valence electrons. The van der Waals surface area contributed by atoms with Gasteiger partial charge in [0.25, 0.3) is 11.7 Å². The third-order valence-electron chi connectivity index (χ3n) is 5.34. The number of aliphatic hydroxyl groups is 1. The minimum absolute atomic E-state index is 0.00636. The lowest BCUT2D eigenvalue weighted by Gasteiger charge is -2.25. The molecule has 1 N–H and O–H groups in total. The van der Waals surface area contributed by atoms with Gasteiger partial charge in [0.2, 0.25) is 0 Å². The summed E-state index contributed by atoms with van der Waals surface area (Å²) in [5.74, 6) is -1.26. The molecule has 9 heteroatoms. The van der Waals surface area contributed by atoms with Crippen molar-refractivity contribution in [2.24, 2.45) is 0 Å². The number of imidazole rings is 1. The van der Waals surface area contributed by atoms with Crippen LogP contribution in [0.4, 0.5) is 0 Å². The van der Waals surface area contributed by atoms with Crippen LogP contribution in [0.15, 0.2) is 67.0 Å². The summed E-state index contributed by atoms with van der Waals surface area (Å²) in [6, 6.07) is 7.44. The van der Waals surface area contributed by atoms with Gasteiger partial charge in [-0.1, -0.05) is 17.7 Å². The Morgan fingerprint density at radius 3 is 2.69 bits per heavy atom. The summed E-state index contributed by atoms with van der Waals surface area (Å²) in [6.07, 6.45) is 9.02. The number of aryl methyl sites for hydroxylation is 1. The van der Waals surface area contributed by atoms with Gasteiger partial charge in [0.15, 0.2) is 0 Å². The molecule has 2 aromatic heterocycles. The smallest absolute Gasteiger partial charge is 0.295 e. The van der Waals surface area contributed by atoms with Crippen LogP contribution in [-0.4, -0.2) is 49.9 Å². The molecular weight excluding hydrogens is 432 g/mol. The van der Waals surface area contributed by atoms with Crippen molar-refractivity contribution in [3.8, 4) is 5.75 Å². The number of ketones is 1. The first-order chi connectivity index (χ1) is 15.5. The highest BCUT2D eigenvalue weighted by molar-refractivity contribution is 6.46. The standard InChI is InChI=1S/C23H21ClN4O4/c1-32-18-6-5-15(12-17(18)24)21(29)19-20(16-4-2-7-25-13-16)28(23(31)22(19)30)10-3-9-27-11-8-26-14-27/h2,4-8,11-14,20,29H,3,9-10H2,1H3. The molecule has 4 rings (SSSR count). The number of carbonyl (C=O) groups excluding carboxylic acids is 2. The van der Waals surface area contributed by atoms with E-state index < -0.39 is 17.7 Å². The monoisotopic (exact) mass is 452 g/mol. The average molecular weight is 453 g/mol. The molecule has 0 radical (unpaired) electrons. The molecule has 1 fully saturated rings. The van der Waals surface area contributed by atoms with E-state index in [2.05, 4.69) is 9.97 Å². The zero-order chi connectivity index (χ0) is 22.7. The molecule has 0 aliphatic carbocycles. The maximum absolute atomic E-state index is 13.0. The number of rotatable bonds is 7. The van der Waals surface area contributed by atoms with Gasteiger partial charge in [-0.2, -0.15) is 0 Å². The number of nitrogens with zero attached hydrogens (tertiary/aromatic N) is 4. The number of hydrogen-bond acceptors (Lipinski definition) is 6. The SMILES string of the molecule is COc1ccc(C(O)=C2C(=O)C(=O)N(CCCn3ccnc3)C2c2cccnc2)cc1Cl. The highest BCUT2D eigenvalue weighted by Gasteiger charge is 2.45. The number of aliphatic hydroxyl groups excluding tert-OH is 1. The second-order valence-corrected chi connectivity index (χ2v) is 7.69. The largest absolute Gasteiger partial charge is 0.507 e. The number of likely N-dealkylation sites (tertiary alicyclic amines) is 1. The Morgan fingerprint density at radius 1 is 1.19 bits per heavy atom. The molecule has 1 atom stereocenters. The molecule has 0 spiro atoms. The topological polar surface area (TPSA) is 97.6 Å². The summed E-state index contributed by atoms with van der Waals surface area (Å²) in [7, 11) is 1.48. The van der Waals surface area contributed by atoms with Gasteiger partial charge in [-0.05, 0) is 36.2 Å². The van der Waals surface area contributed by atoms with Crippen LogP contribution in [0, 0.1) is 0 Å². The van der Waals surface area contributed by atoms with Gasteiger partial charge < -0.3 is 19.3 Å². The fraction of sp³-hybridized carbons (Fsp3) is 0.217. The second kappa shape index (κ2) is 9.23. The lowest BCUT2D eigenvalue weighted by atomic mass is 9.96. The summed E-state index contributed by atoms with van der Waals surface area (Å²) >= 11 is 6.21. The molecular formula is C23H21ClN4O4. The van der Waals surface area contributed by atoms with Crippen molar-refractivity contribution < 1.29 is 19.4 Å². The number of methoxy groups -OCH3 is 1. The third-order valence-corrected chi connectivity index (χ3v) is 5.64. The number of carbonyl (C=O) groups is 2. The van der Waals surface area contributed by atoms with Crippen molar-refractivity contribution in [2.45, 2.75) is 19.0 Å². The lowest BCUT2D eigenvalue weighted by Crippen LogP contribution is -2.31. The Bertz CT molecular complexity index is 1160. The zero-order valence-electron chi connectivity index (χ0n) is 17.3. The number of ether oxygens (including phenoxy) is 1. The number of halogens is 1. The molecule has 1 unspecified atom stereocenters. The molecule has 1 amide bonds. The number of amides is 1. The molecule has 1 aromatic carbocycles. The van der Waals surface area contributed by atoms with Gasteiger partial charge in [-0.25, -0.2) is 4.98 Å². The molecule has 1 saturated heterocycles. The fourth-order valence-electron chi connectivity index (χ4n) is 3.81. The predicted octanol–water partition coefficient (Wildman–Crippen LogP) is 3.45. The quantitative estimate of drug-likeness (QED) is 0.335. The molecule has 1 aliphatic heterocycles. The van der Waals surface area contributed by atoms with Crippen LogP contribution in [0.3, 0.4) is 0 Å². The first-order valence-corrected chi connectivity index (χ1v) is 10.4. The Labute approximate surface area is 189 Å². The Hall–Kier alpha value is -3.65. The maximum Gasteiger partial charge on any atom is 0.295 e. The van der Waals surface area contributed by atoms with Crippen molar-refractivity contribution in [1.82, 2.24) is 19.4 Å². The van der Waals surface area contributed by atoms with Gasteiger partial charge >= 0.3 is 0 Å². The van der Waals surface area contributed by atoms with E-state index in [4.69, 9.17) is 16.3 Å². The summed E-state index contributed by atoms with van der Waals surface area (Å²) in [5, 5.41) is 11.4. The molecule has 0 bridgehead atoms. The second-order valence-electron chi connectivity index (χ2n) is 7.28. The van der Waals surface area contributed by atoms with E-state index in [1.54, 1.807) is 49.2 Å².